The molecular weight excluding hydrogens is 332 g/mol. The van der Waals surface area contributed by atoms with Crippen molar-refractivity contribution in [1.82, 2.24) is 15.3 Å². The highest BCUT2D eigenvalue weighted by molar-refractivity contribution is 5.94. The summed E-state index contributed by atoms with van der Waals surface area (Å²) >= 11 is 0. The number of nitrogens with one attached hydrogen (secondary N) is 1. The number of carbonyl (C=O) groups is 1. The van der Waals surface area contributed by atoms with Crippen LogP contribution in [0.4, 0.5) is 5.82 Å². The van der Waals surface area contributed by atoms with Crippen molar-refractivity contribution >= 4 is 11.7 Å². The number of piperidine rings is 1. The van der Waals surface area contributed by atoms with Gasteiger partial charge in [-0.3, -0.25) is 9.78 Å². The van der Waals surface area contributed by atoms with Crippen LogP contribution in [0.15, 0.2) is 42.7 Å². The maximum absolute atomic E-state index is 12.4. The molecule has 0 aromatic carbocycles. The van der Waals surface area contributed by atoms with Gasteiger partial charge in [-0.15, -0.1) is 0 Å². The van der Waals surface area contributed by atoms with Crippen LogP contribution in [0.3, 0.4) is 0 Å². The van der Waals surface area contributed by atoms with Gasteiger partial charge < -0.3 is 19.7 Å². The molecule has 7 heteroatoms. The minimum atomic E-state index is -0.409. The number of amides is 1. The molecule has 2 aliphatic heterocycles. The predicted octanol–water partition coefficient (Wildman–Crippen LogP) is 1.75. The highest BCUT2D eigenvalue weighted by Gasteiger charge is 2.40. The maximum Gasteiger partial charge on any atom is 0.251 e. The van der Waals surface area contributed by atoms with Gasteiger partial charge in [0.2, 0.25) is 0 Å². The second kappa shape index (κ2) is 7.39. The van der Waals surface area contributed by atoms with Crippen molar-refractivity contribution < 1.29 is 14.3 Å². The van der Waals surface area contributed by atoms with Crippen molar-refractivity contribution in [2.45, 2.75) is 25.2 Å². The van der Waals surface area contributed by atoms with Crippen molar-refractivity contribution in [2.75, 3.05) is 31.2 Å². The van der Waals surface area contributed by atoms with Gasteiger partial charge in [0.1, 0.15) is 5.82 Å². The first-order chi connectivity index (χ1) is 12.7. The first-order valence-corrected chi connectivity index (χ1v) is 8.91. The predicted molar refractivity (Wildman–Crippen MR) is 95.7 cm³/mol. The standard InChI is InChI=1S/C19H22N4O3/c24-18(22-14-16-3-1-2-7-20-16)15-4-8-21-17(13-15)23-9-5-19(6-10-23)25-11-12-26-19/h1-4,7-8,13H,5-6,9-12,14H2,(H,22,24). The molecule has 0 unspecified atom stereocenters. The molecule has 0 saturated carbocycles. The first kappa shape index (κ1) is 16.9. The normalized spacial score (nSPS) is 18.8. The number of nitrogens with zero attached hydrogens (tertiary/aromatic N) is 3. The van der Waals surface area contributed by atoms with Crippen molar-refractivity contribution in [3.05, 3.63) is 54.0 Å². The van der Waals surface area contributed by atoms with E-state index in [1.54, 1.807) is 18.5 Å². The molecule has 1 amide bonds. The van der Waals surface area contributed by atoms with E-state index in [1.165, 1.54) is 0 Å². The van der Waals surface area contributed by atoms with E-state index in [0.29, 0.717) is 25.3 Å². The second-order valence-corrected chi connectivity index (χ2v) is 6.50. The monoisotopic (exact) mass is 354 g/mol. The summed E-state index contributed by atoms with van der Waals surface area (Å²) in [5.41, 5.74) is 1.42. The van der Waals surface area contributed by atoms with E-state index in [4.69, 9.17) is 9.47 Å². The van der Waals surface area contributed by atoms with Crippen LogP contribution in [0.1, 0.15) is 28.9 Å². The molecular formula is C19H22N4O3. The summed E-state index contributed by atoms with van der Waals surface area (Å²) in [7, 11) is 0. The van der Waals surface area contributed by atoms with E-state index in [-0.39, 0.29) is 5.91 Å². The van der Waals surface area contributed by atoms with Crippen LogP contribution in [0.2, 0.25) is 0 Å². The molecule has 0 radical (unpaired) electrons. The molecule has 2 fully saturated rings. The Morgan fingerprint density at radius 1 is 1.12 bits per heavy atom. The number of carbonyl (C=O) groups excluding carboxylic acids is 1. The quantitative estimate of drug-likeness (QED) is 0.901. The van der Waals surface area contributed by atoms with Crippen LogP contribution in [0.25, 0.3) is 0 Å². The molecule has 2 aliphatic rings. The molecule has 136 valence electrons. The van der Waals surface area contributed by atoms with Gasteiger partial charge in [-0.05, 0) is 24.3 Å². The number of rotatable bonds is 4. The molecule has 26 heavy (non-hydrogen) atoms. The Bertz CT molecular complexity index is 752. The van der Waals surface area contributed by atoms with Crippen LogP contribution in [-0.4, -0.2) is 48.0 Å². The number of ether oxygens (including phenoxy) is 2. The van der Waals surface area contributed by atoms with Crippen LogP contribution < -0.4 is 10.2 Å². The van der Waals surface area contributed by atoms with E-state index in [1.807, 2.05) is 24.3 Å². The van der Waals surface area contributed by atoms with E-state index in [0.717, 1.165) is 37.4 Å². The molecule has 2 aromatic rings. The van der Waals surface area contributed by atoms with E-state index in [2.05, 4.69) is 20.2 Å². The van der Waals surface area contributed by atoms with Gasteiger partial charge in [0, 0.05) is 43.9 Å². The zero-order chi connectivity index (χ0) is 17.8. The number of hydrogen-bond donors (Lipinski definition) is 1. The minimum absolute atomic E-state index is 0.129. The summed E-state index contributed by atoms with van der Waals surface area (Å²) in [6.07, 6.45) is 5.01. The largest absolute Gasteiger partial charge is 0.356 e. The van der Waals surface area contributed by atoms with Crippen LogP contribution in [0, 0.1) is 0 Å². The first-order valence-electron chi connectivity index (χ1n) is 8.91. The highest BCUT2D eigenvalue weighted by atomic mass is 16.7. The number of aromatic nitrogens is 2. The average Bonchev–Trinajstić information content (AvgIpc) is 3.15. The fourth-order valence-corrected chi connectivity index (χ4v) is 3.37. The van der Waals surface area contributed by atoms with E-state index in [9.17, 15) is 4.79 Å². The zero-order valence-electron chi connectivity index (χ0n) is 14.6. The summed E-state index contributed by atoms with van der Waals surface area (Å²) < 4.78 is 11.5. The van der Waals surface area contributed by atoms with Gasteiger partial charge in [-0.1, -0.05) is 6.07 Å². The third-order valence-electron chi connectivity index (χ3n) is 4.83. The summed E-state index contributed by atoms with van der Waals surface area (Å²) in [5, 5.41) is 2.90. The number of pyridine rings is 2. The summed E-state index contributed by atoms with van der Waals surface area (Å²) in [6, 6.07) is 9.20. The van der Waals surface area contributed by atoms with Gasteiger partial charge in [-0.25, -0.2) is 4.98 Å². The average molecular weight is 354 g/mol. The highest BCUT2D eigenvalue weighted by Crippen LogP contribution is 2.32. The summed E-state index contributed by atoms with van der Waals surface area (Å²) in [6.45, 7) is 3.34. The van der Waals surface area contributed by atoms with Gasteiger partial charge in [0.15, 0.2) is 5.79 Å². The molecule has 0 bridgehead atoms. The summed E-state index contributed by atoms with van der Waals surface area (Å²) in [4.78, 5) is 23.2. The van der Waals surface area contributed by atoms with E-state index >= 15 is 0 Å². The molecule has 0 atom stereocenters. The smallest absolute Gasteiger partial charge is 0.251 e. The van der Waals surface area contributed by atoms with Gasteiger partial charge in [0.25, 0.3) is 5.91 Å². The van der Waals surface area contributed by atoms with Gasteiger partial charge >= 0.3 is 0 Å². The Hall–Kier alpha value is -2.51. The number of anilines is 1. The lowest BCUT2D eigenvalue weighted by Gasteiger charge is -2.38. The molecule has 4 rings (SSSR count). The lowest BCUT2D eigenvalue weighted by atomic mass is 10.0. The van der Waals surface area contributed by atoms with Crippen LogP contribution >= 0.6 is 0 Å². The maximum atomic E-state index is 12.4. The molecule has 1 spiro atoms. The molecule has 2 aromatic heterocycles. The van der Waals surface area contributed by atoms with E-state index < -0.39 is 5.79 Å². The lowest BCUT2D eigenvalue weighted by Crippen LogP contribution is -2.45. The van der Waals surface area contributed by atoms with Crippen molar-refractivity contribution in [3.8, 4) is 0 Å². The van der Waals surface area contributed by atoms with Crippen molar-refractivity contribution in [1.29, 1.82) is 0 Å². The van der Waals surface area contributed by atoms with Gasteiger partial charge in [-0.2, -0.15) is 0 Å². The molecule has 2 saturated heterocycles. The van der Waals surface area contributed by atoms with Crippen LogP contribution in [-0.2, 0) is 16.0 Å². The second-order valence-electron chi connectivity index (χ2n) is 6.50. The third kappa shape index (κ3) is 3.68. The molecule has 4 heterocycles. The Morgan fingerprint density at radius 3 is 2.65 bits per heavy atom. The van der Waals surface area contributed by atoms with Gasteiger partial charge in [0.05, 0.1) is 25.5 Å². The summed E-state index contributed by atoms with van der Waals surface area (Å²) in [5.74, 6) is 0.271. The third-order valence-corrected chi connectivity index (χ3v) is 4.83. The zero-order valence-corrected chi connectivity index (χ0v) is 14.6. The Labute approximate surface area is 152 Å². The fraction of sp³-hybridized carbons (Fsp3) is 0.421. The molecule has 7 nitrogen and oxygen atoms in total. The topological polar surface area (TPSA) is 76.6 Å². The Balaban J connectivity index is 1.38. The van der Waals surface area contributed by atoms with Crippen LogP contribution in [0.5, 0.6) is 0 Å². The lowest BCUT2D eigenvalue weighted by molar-refractivity contribution is -0.169. The Kier molecular flexibility index (Phi) is 4.81. The number of hydrogen-bond acceptors (Lipinski definition) is 6. The minimum Gasteiger partial charge on any atom is -0.356 e. The molecule has 1 N–H and O–H groups in total. The molecule has 0 aliphatic carbocycles. The fourth-order valence-electron chi connectivity index (χ4n) is 3.37. The Morgan fingerprint density at radius 2 is 1.92 bits per heavy atom. The van der Waals surface area contributed by atoms with Crippen molar-refractivity contribution in [2.24, 2.45) is 0 Å². The SMILES string of the molecule is O=C(NCc1ccccn1)c1ccnc(N2CCC3(CC2)OCCO3)c1. The van der Waals surface area contributed by atoms with Crippen molar-refractivity contribution in [3.63, 3.8) is 0 Å².